The topological polar surface area (TPSA) is 55.4 Å². The first-order valence-electron chi connectivity index (χ1n) is 13.9. The van der Waals surface area contributed by atoms with E-state index in [-0.39, 0.29) is 36.1 Å². The van der Waals surface area contributed by atoms with Gasteiger partial charge < -0.3 is 28.4 Å². The molecule has 0 saturated carbocycles. The van der Waals surface area contributed by atoms with E-state index in [1.807, 2.05) is 75.4 Å². The van der Waals surface area contributed by atoms with Crippen LogP contribution in [0.15, 0.2) is 91.0 Å². The zero-order valence-electron chi connectivity index (χ0n) is 23.1. The molecule has 0 amide bonds. The van der Waals surface area contributed by atoms with Gasteiger partial charge in [0, 0.05) is 12.3 Å². The SMILES string of the molecule is CC(C)(C)O[C@H]1C[C@H]2[C@@H](O1)O[C@H](COCc1ccccc1)[C@@H](OCc1ccccc1)[C@@H]2OCc1ccccc1. The van der Waals surface area contributed by atoms with Crippen LogP contribution in [0.1, 0.15) is 43.9 Å². The number of fused-ring (bicyclic) bond motifs is 1. The lowest BCUT2D eigenvalue weighted by molar-refractivity contribution is -0.303. The Kier molecular flexibility index (Phi) is 9.45. The van der Waals surface area contributed by atoms with Crippen molar-refractivity contribution in [3.63, 3.8) is 0 Å². The van der Waals surface area contributed by atoms with Crippen molar-refractivity contribution in [1.29, 1.82) is 0 Å². The highest BCUT2D eigenvalue weighted by atomic mass is 16.8. The normalized spacial score (nSPS) is 26.8. The molecule has 39 heavy (non-hydrogen) atoms. The molecular formula is C33H40O6. The van der Waals surface area contributed by atoms with Crippen LogP contribution in [0.4, 0.5) is 0 Å². The van der Waals surface area contributed by atoms with Crippen LogP contribution in [0.2, 0.25) is 0 Å². The van der Waals surface area contributed by atoms with Crippen molar-refractivity contribution < 1.29 is 28.4 Å². The van der Waals surface area contributed by atoms with E-state index in [0.29, 0.717) is 32.8 Å². The average Bonchev–Trinajstić information content (AvgIpc) is 3.33. The van der Waals surface area contributed by atoms with Crippen LogP contribution in [0, 0.1) is 5.92 Å². The molecule has 0 bridgehead atoms. The van der Waals surface area contributed by atoms with Gasteiger partial charge in [0.15, 0.2) is 12.6 Å². The fourth-order valence-electron chi connectivity index (χ4n) is 5.19. The second-order valence-corrected chi connectivity index (χ2v) is 11.3. The molecule has 6 atom stereocenters. The first-order valence-corrected chi connectivity index (χ1v) is 13.9. The maximum atomic E-state index is 6.66. The van der Waals surface area contributed by atoms with Crippen LogP contribution in [0.25, 0.3) is 0 Å². The van der Waals surface area contributed by atoms with Crippen molar-refractivity contribution in [3.8, 4) is 0 Å². The van der Waals surface area contributed by atoms with Gasteiger partial charge in [-0.15, -0.1) is 0 Å². The van der Waals surface area contributed by atoms with Gasteiger partial charge in [-0.05, 0) is 37.5 Å². The third-order valence-electron chi connectivity index (χ3n) is 6.97. The standard InChI is InChI=1S/C33H40O6/c1-33(2,3)39-29-19-27-30(35-21-25-15-9-5-10-16-25)31(36-22-26-17-11-6-12-18-26)28(37-32(27)38-29)23-34-20-24-13-7-4-8-14-24/h4-18,27-32H,19-23H2,1-3H3/t27-,28-,29+,30-,31-,32-/m1/s1. The van der Waals surface area contributed by atoms with E-state index in [4.69, 9.17) is 28.4 Å². The first kappa shape index (κ1) is 28.0. The molecule has 6 heteroatoms. The van der Waals surface area contributed by atoms with Crippen LogP contribution in [-0.2, 0) is 48.2 Å². The van der Waals surface area contributed by atoms with E-state index in [1.54, 1.807) is 0 Å². The van der Waals surface area contributed by atoms with E-state index in [0.717, 1.165) is 16.7 Å². The van der Waals surface area contributed by atoms with Gasteiger partial charge in [-0.2, -0.15) is 0 Å². The molecule has 0 N–H and O–H groups in total. The Labute approximate surface area is 232 Å². The maximum absolute atomic E-state index is 6.66. The van der Waals surface area contributed by atoms with Gasteiger partial charge >= 0.3 is 0 Å². The van der Waals surface area contributed by atoms with Crippen molar-refractivity contribution in [2.24, 2.45) is 5.92 Å². The third-order valence-corrected chi connectivity index (χ3v) is 6.97. The van der Waals surface area contributed by atoms with Crippen LogP contribution in [0.3, 0.4) is 0 Å². The molecule has 208 valence electrons. The number of benzene rings is 3. The minimum Gasteiger partial charge on any atom is -0.374 e. The predicted octanol–water partition coefficient (Wildman–Crippen LogP) is 6.28. The van der Waals surface area contributed by atoms with Crippen LogP contribution >= 0.6 is 0 Å². The van der Waals surface area contributed by atoms with Gasteiger partial charge in [0.05, 0.1) is 38.1 Å². The van der Waals surface area contributed by atoms with Crippen molar-refractivity contribution in [2.75, 3.05) is 6.61 Å². The molecule has 0 aliphatic carbocycles. The third kappa shape index (κ3) is 7.98. The van der Waals surface area contributed by atoms with E-state index >= 15 is 0 Å². The quantitative estimate of drug-likeness (QED) is 0.290. The summed E-state index contributed by atoms with van der Waals surface area (Å²) in [6, 6.07) is 30.6. The zero-order valence-corrected chi connectivity index (χ0v) is 23.1. The molecule has 2 aliphatic rings. The summed E-state index contributed by atoms with van der Waals surface area (Å²) in [5.41, 5.74) is 2.99. The Morgan fingerprint density at radius 3 is 1.72 bits per heavy atom. The lowest BCUT2D eigenvalue weighted by Crippen LogP contribution is -2.56. The smallest absolute Gasteiger partial charge is 0.166 e. The molecule has 2 fully saturated rings. The van der Waals surface area contributed by atoms with Crippen molar-refractivity contribution >= 4 is 0 Å². The van der Waals surface area contributed by atoms with Crippen LogP contribution in [-0.4, -0.2) is 43.1 Å². The molecule has 0 aromatic heterocycles. The zero-order chi connectivity index (χ0) is 27.1. The molecule has 6 nitrogen and oxygen atoms in total. The summed E-state index contributed by atoms with van der Waals surface area (Å²) < 4.78 is 38.5. The fraction of sp³-hybridized carbons (Fsp3) is 0.455. The van der Waals surface area contributed by atoms with Crippen LogP contribution < -0.4 is 0 Å². The van der Waals surface area contributed by atoms with E-state index in [9.17, 15) is 0 Å². The molecule has 2 saturated heterocycles. The number of rotatable bonds is 11. The summed E-state index contributed by atoms with van der Waals surface area (Å²) in [5, 5.41) is 0. The van der Waals surface area contributed by atoms with E-state index < -0.39 is 6.29 Å². The molecule has 3 aromatic rings. The largest absolute Gasteiger partial charge is 0.374 e. The highest BCUT2D eigenvalue weighted by molar-refractivity contribution is 5.15. The van der Waals surface area contributed by atoms with Crippen molar-refractivity contribution in [3.05, 3.63) is 108 Å². The Morgan fingerprint density at radius 1 is 0.667 bits per heavy atom. The number of ether oxygens (including phenoxy) is 6. The Morgan fingerprint density at radius 2 is 1.18 bits per heavy atom. The maximum Gasteiger partial charge on any atom is 0.166 e. The van der Waals surface area contributed by atoms with Gasteiger partial charge in [0.2, 0.25) is 0 Å². The molecular weight excluding hydrogens is 492 g/mol. The summed E-state index contributed by atoms with van der Waals surface area (Å²) in [7, 11) is 0. The van der Waals surface area contributed by atoms with Crippen molar-refractivity contribution in [2.45, 2.75) is 83.5 Å². The van der Waals surface area contributed by atoms with Gasteiger partial charge in [0.25, 0.3) is 0 Å². The summed E-state index contributed by atoms with van der Waals surface area (Å²) in [6.07, 6.45) is -1.13. The van der Waals surface area contributed by atoms with Gasteiger partial charge in [-0.1, -0.05) is 91.0 Å². The minimum absolute atomic E-state index is 0.0350. The van der Waals surface area contributed by atoms with Crippen LogP contribution in [0.5, 0.6) is 0 Å². The fourth-order valence-corrected chi connectivity index (χ4v) is 5.19. The molecule has 0 spiro atoms. The monoisotopic (exact) mass is 532 g/mol. The number of hydrogen-bond donors (Lipinski definition) is 0. The van der Waals surface area contributed by atoms with Gasteiger partial charge in [0.1, 0.15) is 12.2 Å². The average molecular weight is 533 g/mol. The minimum atomic E-state index is -0.458. The Hall–Kier alpha value is -2.58. The predicted molar refractivity (Wildman–Crippen MR) is 149 cm³/mol. The summed E-state index contributed by atoms with van der Waals surface area (Å²) in [4.78, 5) is 0. The molecule has 0 radical (unpaired) electrons. The molecule has 5 rings (SSSR count). The summed E-state index contributed by atoms with van der Waals surface area (Å²) >= 11 is 0. The molecule has 0 unspecified atom stereocenters. The first-order chi connectivity index (χ1) is 18.9. The molecule has 2 heterocycles. The second kappa shape index (κ2) is 13.2. The van der Waals surface area contributed by atoms with Gasteiger partial charge in [-0.3, -0.25) is 0 Å². The Balaban J connectivity index is 1.36. The lowest BCUT2D eigenvalue weighted by atomic mass is 9.89. The van der Waals surface area contributed by atoms with Crippen molar-refractivity contribution in [1.82, 2.24) is 0 Å². The summed E-state index contributed by atoms with van der Waals surface area (Å²) in [5.74, 6) is -0.0350. The molecule has 3 aromatic carbocycles. The number of hydrogen-bond acceptors (Lipinski definition) is 6. The Bertz CT molecular complexity index is 1120. The molecule has 2 aliphatic heterocycles. The van der Waals surface area contributed by atoms with E-state index in [1.165, 1.54) is 0 Å². The highest BCUT2D eigenvalue weighted by Crippen LogP contribution is 2.41. The van der Waals surface area contributed by atoms with Gasteiger partial charge in [-0.25, -0.2) is 0 Å². The second-order valence-electron chi connectivity index (χ2n) is 11.3. The lowest BCUT2D eigenvalue weighted by Gasteiger charge is -2.43. The highest BCUT2D eigenvalue weighted by Gasteiger charge is 2.53. The van der Waals surface area contributed by atoms with E-state index in [2.05, 4.69) is 36.4 Å². The summed E-state index contributed by atoms with van der Waals surface area (Å²) in [6.45, 7) is 7.89.